The fraction of sp³-hybridized carbons (Fsp3) is 0.625. The minimum atomic E-state index is 0.378. The first-order chi connectivity index (χ1) is 8.83. The number of benzene rings is 1. The van der Waals surface area contributed by atoms with E-state index in [4.69, 9.17) is 0 Å². The Morgan fingerprint density at radius 2 is 1.72 bits per heavy atom. The van der Waals surface area contributed by atoms with Crippen molar-refractivity contribution in [2.75, 3.05) is 6.54 Å². The van der Waals surface area contributed by atoms with Gasteiger partial charge in [0.05, 0.1) is 12.6 Å². The third-order valence-corrected chi connectivity index (χ3v) is 4.87. The van der Waals surface area contributed by atoms with Gasteiger partial charge in [-0.2, -0.15) is 0 Å². The number of likely N-dealkylation sites (tertiary alicyclic amines) is 1. The van der Waals surface area contributed by atoms with Gasteiger partial charge in [-0.15, -0.1) is 0 Å². The van der Waals surface area contributed by atoms with E-state index in [9.17, 15) is 5.11 Å². The van der Waals surface area contributed by atoms with Gasteiger partial charge in [0.25, 0.3) is 0 Å². The van der Waals surface area contributed by atoms with E-state index in [0.29, 0.717) is 5.75 Å². The molecular weight excluding hydrogens is 222 g/mol. The van der Waals surface area contributed by atoms with E-state index in [2.05, 4.69) is 12.1 Å². The van der Waals surface area contributed by atoms with Gasteiger partial charge in [-0.3, -0.25) is 0 Å². The third-order valence-electron chi connectivity index (χ3n) is 4.87. The van der Waals surface area contributed by atoms with Crippen LogP contribution in [-0.2, 0) is 6.54 Å². The van der Waals surface area contributed by atoms with Gasteiger partial charge < -0.3 is 10.0 Å². The highest BCUT2D eigenvalue weighted by molar-refractivity contribution is 5.25. The molecule has 0 amide bonds. The van der Waals surface area contributed by atoms with Gasteiger partial charge in [-0.1, -0.05) is 6.42 Å². The number of aromatic hydroxyl groups is 1. The van der Waals surface area contributed by atoms with E-state index in [-0.39, 0.29) is 0 Å². The number of hydrogen-bond donors (Lipinski definition) is 2. The van der Waals surface area contributed by atoms with Gasteiger partial charge >= 0.3 is 0 Å². The molecular formula is C16H24NO+. The molecule has 2 aliphatic rings. The monoisotopic (exact) mass is 246 g/mol. The maximum Gasteiger partial charge on any atom is 0.115 e. The number of fused-ring (bicyclic) bond motifs is 1. The van der Waals surface area contributed by atoms with Crippen LogP contribution < -0.4 is 4.90 Å². The standard InChI is InChI=1S/C16H23NO/c18-15-9-7-13(8-10-15)12-17-11-3-5-14-4-1-2-6-16(14)17/h7-10,14,16,18H,1-6,11-12H2/p+1/t14-,16+/m1/s1. The summed E-state index contributed by atoms with van der Waals surface area (Å²) in [7, 11) is 0. The minimum absolute atomic E-state index is 0.378. The van der Waals surface area contributed by atoms with Gasteiger partial charge in [-0.05, 0) is 56.4 Å². The maximum atomic E-state index is 9.34. The molecule has 98 valence electrons. The van der Waals surface area contributed by atoms with Gasteiger partial charge in [-0.25, -0.2) is 0 Å². The van der Waals surface area contributed by atoms with E-state index in [1.165, 1.54) is 50.6 Å². The molecule has 0 aromatic heterocycles. The zero-order chi connectivity index (χ0) is 12.4. The highest BCUT2D eigenvalue weighted by atomic mass is 16.3. The lowest BCUT2D eigenvalue weighted by Gasteiger charge is -2.41. The van der Waals surface area contributed by atoms with E-state index in [1.54, 1.807) is 4.90 Å². The molecule has 0 radical (unpaired) electrons. The fourth-order valence-electron chi connectivity index (χ4n) is 3.96. The number of phenols is 1. The lowest BCUT2D eigenvalue weighted by molar-refractivity contribution is -0.949. The van der Waals surface area contributed by atoms with Crippen LogP contribution in [-0.4, -0.2) is 17.7 Å². The molecule has 1 unspecified atom stereocenters. The van der Waals surface area contributed by atoms with Crippen LogP contribution in [0.4, 0.5) is 0 Å². The average Bonchev–Trinajstić information content (AvgIpc) is 2.42. The summed E-state index contributed by atoms with van der Waals surface area (Å²) in [5.74, 6) is 1.36. The number of hydrogen-bond acceptors (Lipinski definition) is 1. The molecule has 0 spiro atoms. The molecule has 18 heavy (non-hydrogen) atoms. The lowest BCUT2D eigenvalue weighted by atomic mass is 9.78. The summed E-state index contributed by atoms with van der Waals surface area (Å²) >= 11 is 0. The van der Waals surface area contributed by atoms with E-state index < -0.39 is 0 Å². The number of nitrogens with one attached hydrogen (secondary N) is 1. The summed E-state index contributed by atoms with van der Waals surface area (Å²) in [6.45, 7) is 2.48. The van der Waals surface area contributed by atoms with Crippen LogP contribution in [0.3, 0.4) is 0 Å². The van der Waals surface area contributed by atoms with Crippen LogP contribution in [0.5, 0.6) is 5.75 Å². The zero-order valence-electron chi connectivity index (χ0n) is 11.1. The van der Waals surface area contributed by atoms with Crippen LogP contribution in [0.1, 0.15) is 44.1 Å². The zero-order valence-corrected chi connectivity index (χ0v) is 11.1. The lowest BCUT2D eigenvalue weighted by Crippen LogP contribution is -3.16. The Kier molecular flexibility index (Phi) is 3.55. The Hall–Kier alpha value is -1.02. The molecule has 2 fully saturated rings. The Balaban J connectivity index is 1.69. The molecule has 1 heterocycles. The van der Waals surface area contributed by atoms with Crippen LogP contribution >= 0.6 is 0 Å². The van der Waals surface area contributed by atoms with Crippen LogP contribution in [0.15, 0.2) is 24.3 Å². The van der Waals surface area contributed by atoms with Gasteiger partial charge in [0, 0.05) is 11.5 Å². The third kappa shape index (κ3) is 2.54. The summed E-state index contributed by atoms with van der Waals surface area (Å²) in [5, 5.41) is 9.34. The van der Waals surface area contributed by atoms with Crippen LogP contribution in [0.25, 0.3) is 0 Å². The molecule has 1 saturated carbocycles. The molecule has 2 nitrogen and oxygen atoms in total. The highest BCUT2D eigenvalue weighted by Gasteiger charge is 2.36. The first kappa shape index (κ1) is 12.0. The molecule has 1 aliphatic carbocycles. The Morgan fingerprint density at radius 3 is 2.56 bits per heavy atom. The average molecular weight is 246 g/mol. The van der Waals surface area contributed by atoms with Crippen molar-refractivity contribution in [1.29, 1.82) is 0 Å². The Morgan fingerprint density at radius 1 is 1.00 bits per heavy atom. The van der Waals surface area contributed by atoms with Crippen molar-refractivity contribution in [3.63, 3.8) is 0 Å². The number of quaternary nitrogens is 1. The Bertz CT molecular complexity index is 385. The SMILES string of the molecule is Oc1ccc(C[NH+]2CCC[C@H]3CCCC[C@@H]32)cc1. The largest absolute Gasteiger partial charge is 0.508 e. The summed E-state index contributed by atoms with van der Waals surface area (Å²) in [5.41, 5.74) is 1.37. The molecule has 2 heteroatoms. The number of phenolic OH excluding ortho intramolecular Hbond substituents is 1. The van der Waals surface area contributed by atoms with Crippen LogP contribution in [0, 0.1) is 5.92 Å². The van der Waals surface area contributed by atoms with Crippen LogP contribution in [0.2, 0.25) is 0 Å². The van der Waals surface area contributed by atoms with Crippen molar-refractivity contribution in [2.45, 2.75) is 51.1 Å². The second-order valence-corrected chi connectivity index (χ2v) is 6.04. The first-order valence-corrected chi connectivity index (χ1v) is 7.45. The predicted octanol–water partition coefficient (Wildman–Crippen LogP) is 2.13. The topological polar surface area (TPSA) is 24.7 Å². The van der Waals surface area contributed by atoms with Crippen molar-refractivity contribution >= 4 is 0 Å². The van der Waals surface area contributed by atoms with E-state index in [0.717, 1.165) is 18.5 Å². The molecule has 1 saturated heterocycles. The predicted molar refractivity (Wildman–Crippen MR) is 72.6 cm³/mol. The minimum Gasteiger partial charge on any atom is -0.508 e. The summed E-state index contributed by atoms with van der Waals surface area (Å²) < 4.78 is 0. The summed E-state index contributed by atoms with van der Waals surface area (Å²) in [6, 6.07) is 8.69. The molecule has 2 N–H and O–H groups in total. The second kappa shape index (κ2) is 5.31. The number of rotatable bonds is 2. The normalized spacial score (nSPS) is 31.9. The van der Waals surface area contributed by atoms with E-state index in [1.807, 2.05) is 12.1 Å². The summed E-state index contributed by atoms with van der Waals surface area (Å²) in [6.07, 6.45) is 8.63. The second-order valence-electron chi connectivity index (χ2n) is 6.04. The number of piperidine rings is 1. The quantitative estimate of drug-likeness (QED) is 0.821. The van der Waals surface area contributed by atoms with Gasteiger partial charge in [0.2, 0.25) is 0 Å². The fourth-order valence-corrected chi connectivity index (χ4v) is 3.96. The van der Waals surface area contributed by atoms with Crippen molar-refractivity contribution in [2.24, 2.45) is 5.92 Å². The molecule has 1 aliphatic heterocycles. The molecule has 3 rings (SSSR count). The molecule has 0 bridgehead atoms. The maximum absolute atomic E-state index is 9.34. The summed E-state index contributed by atoms with van der Waals surface area (Å²) in [4.78, 5) is 1.79. The van der Waals surface area contributed by atoms with Gasteiger partial charge in [0.1, 0.15) is 12.3 Å². The first-order valence-electron chi connectivity index (χ1n) is 7.45. The molecule has 1 aromatic rings. The smallest absolute Gasteiger partial charge is 0.115 e. The van der Waals surface area contributed by atoms with E-state index >= 15 is 0 Å². The van der Waals surface area contributed by atoms with Crippen molar-refractivity contribution in [3.8, 4) is 5.75 Å². The van der Waals surface area contributed by atoms with Crippen molar-refractivity contribution in [3.05, 3.63) is 29.8 Å². The van der Waals surface area contributed by atoms with Crippen molar-refractivity contribution in [1.82, 2.24) is 0 Å². The van der Waals surface area contributed by atoms with Crippen molar-refractivity contribution < 1.29 is 10.0 Å². The highest BCUT2D eigenvalue weighted by Crippen LogP contribution is 2.28. The Labute approximate surface area is 110 Å². The molecule has 1 aromatic carbocycles. The molecule has 3 atom stereocenters. The van der Waals surface area contributed by atoms with Gasteiger partial charge in [0.15, 0.2) is 0 Å².